The SMILES string of the molecule is Cc1csc(SCc2sccc2Br)n1. The van der Waals surface area contributed by atoms with Gasteiger partial charge in [-0.3, -0.25) is 0 Å². The monoisotopic (exact) mass is 305 g/mol. The van der Waals surface area contributed by atoms with Crippen molar-refractivity contribution >= 4 is 50.4 Å². The number of thioether (sulfide) groups is 1. The quantitative estimate of drug-likeness (QED) is 0.771. The standard InChI is InChI=1S/C9H8BrNS3/c1-6-4-13-9(11-6)14-5-8-7(10)2-3-12-8/h2-4H,5H2,1H3. The molecule has 0 N–H and O–H groups in total. The van der Waals surface area contributed by atoms with Crippen LogP contribution in [-0.4, -0.2) is 4.98 Å². The second-order valence-electron chi connectivity index (χ2n) is 2.74. The summed E-state index contributed by atoms with van der Waals surface area (Å²) in [7, 11) is 0. The molecule has 0 aliphatic rings. The van der Waals surface area contributed by atoms with Gasteiger partial charge in [-0.05, 0) is 34.3 Å². The van der Waals surface area contributed by atoms with Crippen molar-refractivity contribution in [2.24, 2.45) is 0 Å². The summed E-state index contributed by atoms with van der Waals surface area (Å²) in [6.07, 6.45) is 0. The molecule has 0 radical (unpaired) electrons. The van der Waals surface area contributed by atoms with Crippen LogP contribution in [0.5, 0.6) is 0 Å². The average molecular weight is 306 g/mol. The Morgan fingerprint density at radius 2 is 2.36 bits per heavy atom. The maximum absolute atomic E-state index is 4.41. The summed E-state index contributed by atoms with van der Waals surface area (Å²) < 4.78 is 2.37. The van der Waals surface area contributed by atoms with E-state index in [2.05, 4.69) is 37.7 Å². The zero-order valence-electron chi connectivity index (χ0n) is 7.49. The highest BCUT2D eigenvalue weighted by atomic mass is 79.9. The van der Waals surface area contributed by atoms with Crippen molar-refractivity contribution < 1.29 is 0 Å². The van der Waals surface area contributed by atoms with Crippen molar-refractivity contribution in [3.63, 3.8) is 0 Å². The maximum atomic E-state index is 4.41. The molecular formula is C9H8BrNS3. The lowest BCUT2D eigenvalue weighted by atomic mass is 10.5. The number of hydrogen-bond donors (Lipinski definition) is 0. The largest absolute Gasteiger partial charge is 0.235 e. The minimum absolute atomic E-state index is 1.01. The Balaban J connectivity index is 1.98. The number of aryl methyl sites for hydroxylation is 1. The Morgan fingerprint density at radius 1 is 1.50 bits per heavy atom. The third-order valence-electron chi connectivity index (χ3n) is 1.62. The zero-order chi connectivity index (χ0) is 9.97. The zero-order valence-corrected chi connectivity index (χ0v) is 11.5. The van der Waals surface area contributed by atoms with Crippen molar-refractivity contribution in [3.05, 3.63) is 31.9 Å². The second-order valence-corrected chi connectivity index (χ2v) is 6.67. The molecule has 2 rings (SSSR count). The molecule has 14 heavy (non-hydrogen) atoms. The molecule has 74 valence electrons. The highest BCUT2D eigenvalue weighted by Gasteiger charge is 2.04. The molecule has 0 aromatic carbocycles. The molecule has 2 aromatic heterocycles. The molecule has 0 amide bonds. The molecule has 5 heteroatoms. The van der Waals surface area contributed by atoms with Crippen LogP contribution in [0.2, 0.25) is 0 Å². The molecule has 0 spiro atoms. The maximum Gasteiger partial charge on any atom is 0.150 e. The van der Waals surface area contributed by atoms with Gasteiger partial charge in [-0.15, -0.1) is 22.7 Å². The summed E-state index contributed by atoms with van der Waals surface area (Å²) in [6, 6.07) is 2.09. The first kappa shape index (κ1) is 10.7. The Hall–Kier alpha value is 0.160. The van der Waals surface area contributed by atoms with Gasteiger partial charge in [0.25, 0.3) is 0 Å². The van der Waals surface area contributed by atoms with Crippen LogP contribution >= 0.6 is 50.4 Å². The summed E-state index contributed by atoms with van der Waals surface area (Å²) in [6.45, 7) is 2.03. The van der Waals surface area contributed by atoms with Gasteiger partial charge in [0.2, 0.25) is 0 Å². The Bertz CT molecular complexity index is 421. The normalized spacial score (nSPS) is 10.7. The third kappa shape index (κ3) is 2.59. The van der Waals surface area contributed by atoms with Gasteiger partial charge in [-0.25, -0.2) is 4.98 Å². The Labute approximate surface area is 104 Å². The number of nitrogens with zero attached hydrogens (tertiary/aromatic N) is 1. The molecule has 0 bridgehead atoms. The predicted octanol–water partition coefficient (Wildman–Crippen LogP) is 4.57. The van der Waals surface area contributed by atoms with Crippen LogP contribution in [0.4, 0.5) is 0 Å². The first-order chi connectivity index (χ1) is 6.75. The van der Waals surface area contributed by atoms with Crippen LogP contribution in [0.3, 0.4) is 0 Å². The highest BCUT2D eigenvalue weighted by Crippen LogP contribution is 2.31. The molecular weight excluding hydrogens is 298 g/mol. The first-order valence-electron chi connectivity index (χ1n) is 4.02. The first-order valence-corrected chi connectivity index (χ1v) is 7.56. The van der Waals surface area contributed by atoms with Gasteiger partial charge in [-0.1, -0.05) is 11.8 Å². The highest BCUT2D eigenvalue weighted by molar-refractivity contribution is 9.10. The van der Waals surface area contributed by atoms with Crippen molar-refractivity contribution in [2.45, 2.75) is 17.0 Å². The predicted molar refractivity (Wildman–Crippen MR) is 68.4 cm³/mol. The molecule has 0 aliphatic carbocycles. The summed E-state index contributed by atoms with van der Waals surface area (Å²) >= 11 is 8.83. The van der Waals surface area contributed by atoms with Crippen molar-refractivity contribution in [2.75, 3.05) is 0 Å². The van der Waals surface area contributed by atoms with E-state index in [9.17, 15) is 0 Å². The lowest BCUT2D eigenvalue weighted by molar-refractivity contribution is 1.16. The molecule has 0 saturated carbocycles. The van der Waals surface area contributed by atoms with Crippen LogP contribution in [0.15, 0.2) is 25.6 Å². The van der Waals surface area contributed by atoms with E-state index in [0.717, 1.165) is 15.8 Å². The van der Waals surface area contributed by atoms with E-state index in [1.807, 2.05) is 6.92 Å². The van der Waals surface area contributed by atoms with E-state index < -0.39 is 0 Å². The fourth-order valence-corrected chi connectivity index (χ4v) is 4.60. The minimum Gasteiger partial charge on any atom is -0.235 e. The van der Waals surface area contributed by atoms with E-state index in [4.69, 9.17) is 0 Å². The summed E-state index contributed by atoms with van der Waals surface area (Å²) in [5, 5.41) is 4.19. The van der Waals surface area contributed by atoms with E-state index in [-0.39, 0.29) is 0 Å². The fourth-order valence-electron chi connectivity index (χ4n) is 0.954. The molecule has 0 atom stereocenters. The van der Waals surface area contributed by atoms with Gasteiger partial charge < -0.3 is 0 Å². The van der Waals surface area contributed by atoms with E-state index in [1.54, 1.807) is 34.4 Å². The van der Waals surface area contributed by atoms with Gasteiger partial charge in [0, 0.05) is 26.2 Å². The van der Waals surface area contributed by atoms with Gasteiger partial charge >= 0.3 is 0 Å². The number of hydrogen-bond acceptors (Lipinski definition) is 4. The Kier molecular flexibility index (Phi) is 3.65. The molecule has 2 heterocycles. The lowest BCUT2D eigenvalue weighted by Gasteiger charge is -1.95. The fraction of sp³-hybridized carbons (Fsp3) is 0.222. The third-order valence-corrected chi connectivity index (χ3v) is 5.89. The Morgan fingerprint density at radius 3 is 2.93 bits per heavy atom. The molecule has 0 saturated heterocycles. The van der Waals surface area contributed by atoms with Crippen molar-refractivity contribution in [1.82, 2.24) is 4.98 Å². The van der Waals surface area contributed by atoms with Crippen molar-refractivity contribution in [1.29, 1.82) is 0 Å². The number of thiophene rings is 1. The van der Waals surface area contributed by atoms with E-state index in [1.165, 1.54) is 9.35 Å². The second kappa shape index (κ2) is 4.79. The van der Waals surface area contributed by atoms with Gasteiger partial charge in [0.05, 0.1) is 0 Å². The van der Waals surface area contributed by atoms with Crippen LogP contribution in [0.25, 0.3) is 0 Å². The van der Waals surface area contributed by atoms with Crippen LogP contribution < -0.4 is 0 Å². The molecule has 2 aromatic rings. The number of halogens is 1. The number of thiazole rings is 1. The summed E-state index contributed by atoms with van der Waals surface area (Å²) in [5.74, 6) is 1.01. The lowest BCUT2D eigenvalue weighted by Crippen LogP contribution is -1.75. The summed E-state index contributed by atoms with van der Waals surface area (Å²) in [4.78, 5) is 5.79. The molecule has 0 unspecified atom stereocenters. The number of aromatic nitrogens is 1. The molecule has 1 nitrogen and oxygen atoms in total. The van der Waals surface area contributed by atoms with Crippen LogP contribution in [0, 0.1) is 6.92 Å². The molecule has 0 aliphatic heterocycles. The summed E-state index contributed by atoms with van der Waals surface area (Å²) in [5.41, 5.74) is 1.11. The van der Waals surface area contributed by atoms with Gasteiger partial charge in [-0.2, -0.15) is 0 Å². The molecule has 0 fully saturated rings. The van der Waals surface area contributed by atoms with Crippen LogP contribution in [-0.2, 0) is 5.75 Å². The van der Waals surface area contributed by atoms with Gasteiger partial charge in [0.1, 0.15) is 4.34 Å². The van der Waals surface area contributed by atoms with Crippen LogP contribution in [0.1, 0.15) is 10.6 Å². The van der Waals surface area contributed by atoms with E-state index in [0.29, 0.717) is 0 Å². The number of rotatable bonds is 3. The van der Waals surface area contributed by atoms with Crippen molar-refractivity contribution in [3.8, 4) is 0 Å². The topological polar surface area (TPSA) is 12.9 Å². The smallest absolute Gasteiger partial charge is 0.150 e. The minimum atomic E-state index is 1.01. The van der Waals surface area contributed by atoms with E-state index >= 15 is 0 Å². The van der Waals surface area contributed by atoms with Gasteiger partial charge in [0.15, 0.2) is 0 Å². The average Bonchev–Trinajstić information content (AvgIpc) is 2.72.